The number of aromatic nitrogens is 2. The fraction of sp³-hybridized carbons (Fsp3) is 0.625. The zero-order chi connectivity index (χ0) is 32.7. The van der Waals surface area contributed by atoms with Crippen molar-refractivity contribution in [2.45, 2.75) is 84.2 Å². The molecular weight excluding hydrogens is 581 g/mol. The Kier molecular flexibility index (Phi) is 11.7. The van der Waals surface area contributed by atoms with Gasteiger partial charge in [-0.15, -0.1) is 0 Å². The van der Waals surface area contributed by atoms with Gasteiger partial charge in [-0.3, -0.25) is 19.2 Å². The standard InChI is InChI=1S/C32H46FN7O5/c1-6-24-29(38-45-37-24)31(43)36-28(21-10-8-19(3)9-11-21)30(42)34-25-13-12-22(18-23(25)33)20(4)27(35-26(41)7-2)32(44)40-16-14-39(5)15-17-40/h12-13,18-21,27-28H,6-11,14-17H2,1-5H3,(H,34,42)(H,35,41)(H,36,43)/t19?,20-,21?,27+,28-/m0/s1. The molecule has 2 aromatic rings. The van der Waals surface area contributed by atoms with E-state index in [1.165, 1.54) is 12.1 Å². The number of benzene rings is 1. The minimum absolute atomic E-state index is 0.0276. The Bertz CT molecular complexity index is 1350. The molecule has 246 valence electrons. The average molecular weight is 628 g/mol. The Morgan fingerprint density at radius 1 is 1.02 bits per heavy atom. The first-order valence-electron chi connectivity index (χ1n) is 16.0. The summed E-state index contributed by atoms with van der Waals surface area (Å²) in [5.74, 6) is -2.41. The fourth-order valence-corrected chi connectivity index (χ4v) is 6.06. The molecule has 2 heterocycles. The van der Waals surface area contributed by atoms with Crippen LogP contribution in [0.3, 0.4) is 0 Å². The molecule has 0 spiro atoms. The zero-order valence-electron chi connectivity index (χ0n) is 26.9. The van der Waals surface area contributed by atoms with Gasteiger partial charge in [-0.25, -0.2) is 9.02 Å². The van der Waals surface area contributed by atoms with Gasteiger partial charge in [0.1, 0.15) is 23.6 Å². The van der Waals surface area contributed by atoms with Crippen molar-refractivity contribution >= 4 is 29.3 Å². The molecule has 12 nitrogen and oxygen atoms in total. The molecule has 2 aliphatic rings. The summed E-state index contributed by atoms with van der Waals surface area (Å²) in [7, 11) is 1.99. The van der Waals surface area contributed by atoms with E-state index in [9.17, 15) is 19.2 Å². The number of carbonyl (C=O) groups excluding carboxylic acids is 4. The van der Waals surface area contributed by atoms with Crippen molar-refractivity contribution in [1.29, 1.82) is 0 Å². The van der Waals surface area contributed by atoms with Crippen molar-refractivity contribution in [1.82, 2.24) is 30.7 Å². The van der Waals surface area contributed by atoms with E-state index < -0.39 is 35.6 Å². The molecule has 1 aliphatic carbocycles. The van der Waals surface area contributed by atoms with Crippen LogP contribution in [0.5, 0.6) is 0 Å². The van der Waals surface area contributed by atoms with Crippen LogP contribution in [0.15, 0.2) is 22.8 Å². The number of nitrogens with zero attached hydrogens (tertiary/aromatic N) is 4. The molecule has 1 aromatic heterocycles. The van der Waals surface area contributed by atoms with Crippen LogP contribution >= 0.6 is 0 Å². The highest BCUT2D eigenvalue weighted by atomic mass is 19.1. The SMILES string of the molecule is CCC(=O)N[C@@H](C(=O)N1CCN(C)CC1)[C@@H](C)c1ccc(NC(=O)[C@@H](NC(=O)c2nonc2CC)C2CCC(C)CC2)c(F)c1. The van der Waals surface area contributed by atoms with Crippen molar-refractivity contribution in [2.24, 2.45) is 11.8 Å². The van der Waals surface area contributed by atoms with Crippen LogP contribution in [0, 0.1) is 17.7 Å². The molecule has 1 saturated carbocycles. The van der Waals surface area contributed by atoms with Gasteiger partial charge in [0.05, 0.1) is 5.69 Å². The summed E-state index contributed by atoms with van der Waals surface area (Å²) < 4.78 is 20.3. The first-order valence-corrected chi connectivity index (χ1v) is 16.0. The predicted octanol–water partition coefficient (Wildman–Crippen LogP) is 3.11. The highest BCUT2D eigenvalue weighted by Crippen LogP contribution is 2.32. The molecule has 1 aromatic carbocycles. The maximum absolute atomic E-state index is 15.6. The molecule has 13 heteroatoms. The smallest absolute Gasteiger partial charge is 0.276 e. The Morgan fingerprint density at radius 3 is 2.33 bits per heavy atom. The lowest BCUT2D eigenvalue weighted by molar-refractivity contribution is -0.138. The van der Waals surface area contributed by atoms with Gasteiger partial charge in [-0.05, 0) is 61.0 Å². The van der Waals surface area contributed by atoms with Crippen molar-refractivity contribution in [2.75, 3.05) is 38.5 Å². The summed E-state index contributed by atoms with van der Waals surface area (Å²) in [5.41, 5.74) is 0.876. The van der Waals surface area contributed by atoms with Crippen LogP contribution < -0.4 is 16.0 Å². The highest BCUT2D eigenvalue weighted by molar-refractivity contribution is 6.01. The normalized spacial score (nSPS) is 21.0. The molecule has 0 bridgehead atoms. The number of anilines is 1. The number of likely N-dealkylation sites (N-methyl/N-ethyl adjacent to an activating group) is 1. The Hall–Kier alpha value is -3.87. The van der Waals surface area contributed by atoms with E-state index in [2.05, 4.69) is 38.1 Å². The summed E-state index contributed by atoms with van der Waals surface area (Å²) in [6.07, 6.45) is 3.96. The third-order valence-corrected chi connectivity index (χ3v) is 9.20. The van der Waals surface area contributed by atoms with E-state index in [0.717, 1.165) is 38.8 Å². The number of piperazine rings is 1. The van der Waals surface area contributed by atoms with E-state index in [-0.39, 0.29) is 35.5 Å². The number of halogens is 1. The quantitative estimate of drug-likeness (QED) is 0.344. The second-order valence-electron chi connectivity index (χ2n) is 12.4. The molecule has 2 fully saturated rings. The van der Waals surface area contributed by atoms with Gasteiger partial charge < -0.3 is 25.8 Å². The van der Waals surface area contributed by atoms with Crippen LogP contribution in [0.25, 0.3) is 0 Å². The van der Waals surface area contributed by atoms with E-state index in [4.69, 9.17) is 4.63 Å². The van der Waals surface area contributed by atoms with Crippen molar-refractivity contribution in [3.8, 4) is 0 Å². The predicted molar refractivity (Wildman–Crippen MR) is 166 cm³/mol. The third-order valence-electron chi connectivity index (χ3n) is 9.20. The first-order chi connectivity index (χ1) is 21.5. The zero-order valence-corrected chi connectivity index (χ0v) is 26.9. The Morgan fingerprint density at radius 2 is 1.71 bits per heavy atom. The first kappa shape index (κ1) is 34.0. The Balaban J connectivity index is 1.52. The van der Waals surface area contributed by atoms with Gasteiger partial charge >= 0.3 is 0 Å². The number of hydrogen-bond acceptors (Lipinski definition) is 8. The number of amides is 4. The topological polar surface area (TPSA) is 150 Å². The highest BCUT2D eigenvalue weighted by Gasteiger charge is 2.35. The molecule has 4 rings (SSSR count). The fourth-order valence-electron chi connectivity index (χ4n) is 6.06. The molecule has 0 unspecified atom stereocenters. The third kappa shape index (κ3) is 8.44. The second kappa shape index (κ2) is 15.4. The van der Waals surface area contributed by atoms with Crippen LogP contribution in [0.1, 0.15) is 87.5 Å². The molecule has 0 radical (unpaired) electrons. The molecule has 4 amide bonds. The summed E-state index contributed by atoms with van der Waals surface area (Å²) in [4.78, 5) is 56.5. The second-order valence-corrected chi connectivity index (χ2v) is 12.4. The van der Waals surface area contributed by atoms with Crippen LogP contribution in [-0.2, 0) is 20.8 Å². The number of nitrogens with one attached hydrogen (secondary N) is 3. The molecule has 3 N–H and O–H groups in total. The molecular formula is C32H46FN7O5. The minimum Gasteiger partial charge on any atom is -0.344 e. The number of rotatable bonds is 11. The monoisotopic (exact) mass is 627 g/mol. The van der Waals surface area contributed by atoms with Gasteiger partial charge in [0.2, 0.25) is 17.7 Å². The minimum atomic E-state index is -0.917. The average Bonchev–Trinajstić information content (AvgIpc) is 3.53. The molecule has 45 heavy (non-hydrogen) atoms. The molecule has 1 aliphatic heterocycles. The lowest BCUT2D eigenvalue weighted by Gasteiger charge is -2.36. The molecule has 3 atom stereocenters. The summed E-state index contributed by atoms with van der Waals surface area (Å²) in [6.45, 7) is 10.0. The van der Waals surface area contributed by atoms with Crippen LogP contribution in [0.2, 0.25) is 0 Å². The lowest BCUT2D eigenvalue weighted by atomic mass is 9.79. The van der Waals surface area contributed by atoms with Crippen molar-refractivity contribution in [3.63, 3.8) is 0 Å². The van der Waals surface area contributed by atoms with Gasteiger partial charge in [0.25, 0.3) is 5.91 Å². The van der Waals surface area contributed by atoms with E-state index in [1.807, 2.05) is 14.0 Å². The lowest BCUT2D eigenvalue weighted by Crippen LogP contribution is -2.55. The van der Waals surface area contributed by atoms with Crippen LogP contribution in [-0.4, -0.2) is 89.1 Å². The van der Waals surface area contributed by atoms with Gasteiger partial charge in [0, 0.05) is 38.5 Å². The maximum Gasteiger partial charge on any atom is 0.276 e. The number of carbonyl (C=O) groups is 4. The van der Waals surface area contributed by atoms with Crippen molar-refractivity contribution in [3.05, 3.63) is 41.0 Å². The van der Waals surface area contributed by atoms with E-state index >= 15 is 4.39 Å². The number of aryl methyl sites for hydroxylation is 1. The van der Waals surface area contributed by atoms with Gasteiger partial charge in [-0.2, -0.15) is 0 Å². The molecule has 1 saturated heterocycles. The van der Waals surface area contributed by atoms with Crippen LogP contribution in [0.4, 0.5) is 10.1 Å². The summed E-state index contributed by atoms with van der Waals surface area (Å²) >= 11 is 0. The van der Waals surface area contributed by atoms with E-state index in [0.29, 0.717) is 36.7 Å². The van der Waals surface area contributed by atoms with E-state index in [1.54, 1.807) is 24.8 Å². The van der Waals surface area contributed by atoms with Gasteiger partial charge in [-0.1, -0.05) is 51.8 Å². The van der Waals surface area contributed by atoms with Crippen molar-refractivity contribution < 1.29 is 28.2 Å². The summed E-state index contributed by atoms with van der Waals surface area (Å²) in [6, 6.07) is 2.60. The number of hydrogen-bond donors (Lipinski definition) is 3. The largest absolute Gasteiger partial charge is 0.344 e. The van der Waals surface area contributed by atoms with Gasteiger partial charge in [0.15, 0.2) is 5.69 Å². The maximum atomic E-state index is 15.6. The Labute approximate surface area is 263 Å². The summed E-state index contributed by atoms with van der Waals surface area (Å²) in [5, 5.41) is 15.8.